The molecule has 14 heavy (non-hydrogen) atoms. The van der Waals surface area contributed by atoms with Crippen LogP contribution in [0.3, 0.4) is 0 Å². The molecule has 72 valence electrons. The third kappa shape index (κ3) is 1.96. The van der Waals surface area contributed by atoms with Gasteiger partial charge in [0.2, 0.25) is 0 Å². The van der Waals surface area contributed by atoms with E-state index in [2.05, 4.69) is 51.8 Å². The maximum atomic E-state index is 3.84. The lowest BCUT2D eigenvalue weighted by Crippen LogP contribution is -1.91. The summed E-state index contributed by atoms with van der Waals surface area (Å²) < 4.78 is 0. The number of nitrogens with zero attached hydrogens (tertiary/aromatic N) is 3. The number of benzene rings is 1. The fourth-order valence-electron chi connectivity index (χ4n) is 1.34. The van der Waals surface area contributed by atoms with Crippen LogP contribution in [0.1, 0.15) is 23.9 Å². The van der Waals surface area contributed by atoms with E-state index in [1.807, 2.05) is 0 Å². The molecule has 0 aliphatic carbocycles. The topological polar surface area (TPSA) is 54.5 Å². The first-order valence-electron chi connectivity index (χ1n) is 4.69. The average molecular weight is 188 g/mol. The molecule has 4 heteroatoms. The minimum Gasteiger partial charge on any atom is -0.243 e. The Morgan fingerprint density at radius 3 is 2.43 bits per heavy atom. The lowest BCUT2D eigenvalue weighted by Gasteiger charge is -1.99. The van der Waals surface area contributed by atoms with Gasteiger partial charge in [0.15, 0.2) is 5.82 Å². The molecule has 0 fully saturated rings. The molecular formula is C10H12N4. The SMILES string of the molecule is CCc1ccc(Cc2nnn[nH]2)cc1. The first-order valence-corrected chi connectivity index (χ1v) is 4.69. The molecular weight excluding hydrogens is 176 g/mol. The van der Waals surface area contributed by atoms with E-state index in [9.17, 15) is 0 Å². The third-order valence-corrected chi connectivity index (χ3v) is 2.19. The highest BCUT2D eigenvalue weighted by Gasteiger charge is 1.99. The van der Waals surface area contributed by atoms with Gasteiger partial charge < -0.3 is 0 Å². The van der Waals surface area contributed by atoms with E-state index >= 15 is 0 Å². The second-order valence-corrected chi connectivity index (χ2v) is 3.19. The first kappa shape index (κ1) is 8.87. The highest BCUT2D eigenvalue weighted by molar-refractivity contribution is 5.24. The Kier molecular flexibility index (Phi) is 2.53. The van der Waals surface area contributed by atoms with Crippen LogP contribution < -0.4 is 0 Å². The first-order chi connectivity index (χ1) is 6.88. The van der Waals surface area contributed by atoms with Crippen molar-refractivity contribution in [3.05, 3.63) is 41.2 Å². The molecule has 0 aliphatic heterocycles. The molecule has 0 amide bonds. The molecule has 0 saturated heterocycles. The van der Waals surface area contributed by atoms with Gasteiger partial charge in [-0.1, -0.05) is 31.2 Å². The molecule has 1 N–H and O–H groups in total. The Morgan fingerprint density at radius 1 is 1.14 bits per heavy atom. The van der Waals surface area contributed by atoms with Crippen molar-refractivity contribution in [1.29, 1.82) is 0 Å². The van der Waals surface area contributed by atoms with Crippen molar-refractivity contribution in [2.45, 2.75) is 19.8 Å². The van der Waals surface area contributed by atoms with Gasteiger partial charge in [-0.2, -0.15) is 0 Å². The lowest BCUT2D eigenvalue weighted by molar-refractivity contribution is 0.881. The fraction of sp³-hybridized carbons (Fsp3) is 0.300. The normalized spacial score (nSPS) is 10.4. The summed E-state index contributed by atoms with van der Waals surface area (Å²) in [6, 6.07) is 8.50. The van der Waals surface area contributed by atoms with Gasteiger partial charge in [0.05, 0.1) is 0 Å². The van der Waals surface area contributed by atoms with E-state index in [0.29, 0.717) is 0 Å². The quantitative estimate of drug-likeness (QED) is 0.791. The zero-order valence-corrected chi connectivity index (χ0v) is 8.07. The highest BCUT2D eigenvalue weighted by atomic mass is 15.5. The summed E-state index contributed by atoms with van der Waals surface area (Å²) in [5.41, 5.74) is 2.57. The molecule has 4 nitrogen and oxygen atoms in total. The summed E-state index contributed by atoms with van der Waals surface area (Å²) in [4.78, 5) is 0. The van der Waals surface area contributed by atoms with E-state index in [4.69, 9.17) is 0 Å². The molecule has 0 aliphatic rings. The van der Waals surface area contributed by atoms with Gasteiger partial charge in [-0.25, -0.2) is 5.10 Å². The monoisotopic (exact) mass is 188 g/mol. The van der Waals surface area contributed by atoms with Crippen LogP contribution in [0.5, 0.6) is 0 Å². The summed E-state index contributed by atoms with van der Waals surface area (Å²) in [5, 5.41) is 13.6. The van der Waals surface area contributed by atoms with Crippen molar-refractivity contribution < 1.29 is 0 Å². The van der Waals surface area contributed by atoms with Crippen LogP contribution in [0.25, 0.3) is 0 Å². The van der Waals surface area contributed by atoms with Crippen molar-refractivity contribution in [1.82, 2.24) is 20.6 Å². The van der Waals surface area contributed by atoms with Gasteiger partial charge in [-0.15, -0.1) is 5.10 Å². The Balaban J connectivity index is 2.10. The Bertz CT molecular complexity index is 377. The number of rotatable bonds is 3. The molecule has 0 spiro atoms. The van der Waals surface area contributed by atoms with Gasteiger partial charge in [-0.05, 0) is 28.0 Å². The standard InChI is InChI=1S/C10H12N4/c1-2-8-3-5-9(6-4-8)7-10-11-13-14-12-10/h3-6H,2,7H2,1H3,(H,11,12,13,14). The molecule has 2 aromatic rings. The van der Waals surface area contributed by atoms with E-state index in [1.54, 1.807) is 0 Å². The minimum atomic E-state index is 0.761. The molecule has 0 atom stereocenters. The summed E-state index contributed by atoms with van der Waals surface area (Å²) in [6.45, 7) is 2.15. The van der Waals surface area contributed by atoms with Crippen LogP contribution in [0.2, 0.25) is 0 Å². The smallest absolute Gasteiger partial charge is 0.152 e. The van der Waals surface area contributed by atoms with Crippen molar-refractivity contribution in [3.63, 3.8) is 0 Å². The molecule has 0 unspecified atom stereocenters. The van der Waals surface area contributed by atoms with Crippen molar-refractivity contribution in [2.24, 2.45) is 0 Å². The van der Waals surface area contributed by atoms with Gasteiger partial charge >= 0.3 is 0 Å². The number of H-pyrrole nitrogens is 1. The van der Waals surface area contributed by atoms with E-state index in [0.717, 1.165) is 18.7 Å². The average Bonchev–Trinajstić information content (AvgIpc) is 2.72. The number of hydrogen-bond donors (Lipinski definition) is 1. The van der Waals surface area contributed by atoms with Crippen LogP contribution in [0.15, 0.2) is 24.3 Å². The van der Waals surface area contributed by atoms with E-state index in [-0.39, 0.29) is 0 Å². The summed E-state index contributed by atoms with van der Waals surface area (Å²) in [5.74, 6) is 0.800. The Morgan fingerprint density at radius 2 is 1.86 bits per heavy atom. The third-order valence-electron chi connectivity index (χ3n) is 2.19. The number of nitrogens with one attached hydrogen (secondary N) is 1. The predicted octanol–water partition coefficient (Wildman–Crippen LogP) is 1.35. The largest absolute Gasteiger partial charge is 0.243 e. The Hall–Kier alpha value is -1.71. The molecule has 1 aromatic heterocycles. The van der Waals surface area contributed by atoms with Crippen LogP contribution in [-0.2, 0) is 12.8 Å². The van der Waals surface area contributed by atoms with Gasteiger partial charge in [0, 0.05) is 6.42 Å². The number of aromatic nitrogens is 4. The van der Waals surface area contributed by atoms with Crippen LogP contribution in [-0.4, -0.2) is 20.6 Å². The molecule has 0 radical (unpaired) electrons. The van der Waals surface area contributed by atoms with Crippen molar-refractivity contribution in [2.75, 3.05) is 0 Å². The zero-order chi connectivity index (χ0) is 9.80. The van der Waals surface area contributed by atoms with Crippen LogP contribution in [0.4, 0.5) is 0 Å². The molecule has 2 rings (SSSR count). The molecule has 1 aromatic carbocycles. The van der Waals surface area contributed by atoms with Crippen LogP contribution >= 0.6 is 0 Å². The maximum absolute atomic E-state index is 3.84. The number of aromatic amines is 1. The van der Waals surface area contributed by atoms with Gasteiger partial charge in [-0.3, -0.25) is 0 Å². The van der Waals surface area contributed by atoms with Crippen molar-refractivity contribution in [3.8, 4) is 0 Å². The highest BCUT2D eigenvalue weighted by Crippen LogP contribution is 2.07. The number of aryl methyl sites for hydroxylation is 1. The maximum Gasteiger partial charge on any atom is 0.152 e. The second-order valence-electron chi connectivity index (χ2n) is 3.19. The van der Waals surface area contributed by atoms with E-state index < -0.39 is 0 Å². The zero-order valence-electron chi connectivity index (χ0n) is 8.07. The minimum absolute atomic E-state index is 0.761. The Labute approximate surface area is 82.4 Å². The van der Waals surface area contributed by atoms with Gasteiger partial charge in [0.1, 0.15) is 0 Å². The molecule has 0 saturated carbocycles. The summed E-state index contributed by atoms with van der Waals surface area (Å²) in [6.07, 6.45) is 1.83. The fourth-order valence-corrected chi connectivity index (χ4v) is 1.34. The van der Waals surface area contributed by atoms with Gasteiger partial charge in [0.25, 0.3) is 0 Å². The van der Waals surface area contributed by atoms with Crippen LogP contribution in [0, 0.1) is 0 Å². The predicted molar refractivity (Wildman–Crippen MR) is 52.8 cm³/mol. The summed E-state index contributed by atoms with van der Waals surface area (Å²) >= 11 is 0. The molecule has 0 bridgehead atoms. The van der Waals surface area contributed by atoms with E-state index in [1.165, 1.54) is 11.1 Å². The molecule has 1 heterocycles. The lowest BCUT2D eigenvalue weighted by atomic mass is 10.1. The summed E-state index contributed by atoms with van der Waals surface area (Å²) in [7, 11) is 0. The van der Waals surface area contributed by atoms with Crippen molar-refractivity contribution >= 4 is 0 Å². The number of tetrazole rings is 1. The number of hydrogen-bond acceptors (Lipinski definition) is 3. The second kappa shape index (κ2) is 4.00.